The van der Waals surface area contributed by atoms with E-state index in [2.05, 4.69) is 25.2 Å². The van der Waals surface area contributed by atoms with Crippen LogP contribution in [0.4, 0.5) is 5.82 Å². The largest absolute Gasteiger partial charge is 0.481 e. The van der Waals surface area contributed by atoms with E-state index < -0.39 is 17.2 Å². The molecule has 2 N–H and O–H groups in total. The summed E-state index contributed by atoms with van der Waals surface area (Å²) >= 11 is 0. The quantitative estimate of drug-likeness (QED) is 0.769. The van der Waals surface area contributed by atoms with Crippen LogP contribution >= 0.6 is 0 Å². The standard InChI is InChI=1S/C21H27N5O4/c1-20(28)13-21(30-12-16(20)25-19(27)15-5-3-4-8-22-15)6-9-26(10-7-21)17-11-18(29-2)24-14-23-17/h3-5,8,11,14,16,28H,6-7,9-10,12-13H2,1-2H3,(H,25,27)/t16-,20-/m0/s1. The van der Waals surface area contributed by atoms with E-state index in [9.17, 15) is 9.90 Å². The SMILES string of the molecule is COc1cc(N2CCC3(CC2)C[C@](C)(O)[C@@H](NC(=O)c2ccccn2)CO3)ncn1. The Morgan fingerprint density at radius 2 is 2.10 bits per heavy atom. The van der Waals surface area contributed by atoms with Crippen molar-refractivity contribution in [3.63, 3.8) is 0 Å². The van der Waals surface area contributed by atoms with Crippen LogP contribution < -0.4 is 15.0 Å². The van der Waals surface area contributed by atoms with Gasteiger partial charge in [-0.05, 0) is 31.9 Å². The number of piperidine rings is 1. The third-order valence-electron chi connectivity index (χ3n) is 6.03. The molecule has 0 aliphatic carbocycles. The number of ether oxygens (including phenoxy) is 2. The number of rotatable bonds is 4. The van der Waals surface area contributed by atoms with Crippen molar-refractivity contribution in [2.24, 2.45) is 0 Å². The second-order valence-electron chi connectivity index (χ2n) is 8.17. The molecule has 30 heavy (non-hydrogen) atoms. The number of hydrogen-bond donors (Lipinski definition) is 2. The van der Waals surface area contributed by atoms with Crippen molar-refractivity contribution < 1.29 is 19.4 Å². The van der Waals surface area contributed by atoms with Gasteiger partial charge >= 0.3 is 0 Å². The highest BCUT2D eigenvalue weighted by atomic mass is 16.5. The van der Waals surface area contributed by atoms with Gasteiger partial charge in [-0.25, -0.2) is 9.97 Å². The van der Waals surface area contributed by atoms with E-state index in [-0.39, 0.29) is 12.5 Å². The summed E-state index contributed by atoms with van der Waals surface area (Å²) in [4.78, 5) is 27.1. The Bertz CT molecular complexity index is 884. The molecule has 0 saturated carbocycles. The minimum atomic E-state index is -1.08. The summed E-state index contributed by atoms with van der Waals surface area (Å²) in [6.07, 6.45) is 5.04. The van der Waals surface area contributed by atoms with Crippen LogP contribution in [0.1, 0.15) is 36.7 Å². The zero-order valence-corrected chi connectivity index (χ0v) is 17.2. The average molecular weight is 413 g/mol. The Balaban J connectivity index is 1.38. The molecule has 9 heteroatoms. The molecule has 4 rings (SSSR count). The Labute approximate surface area is 175 Å². The summed E-state index contributed by atoms with van der Waals surface area (Å²) in [6, 6.07) is 6.48. The van der Waals surface area contributed by atoms with Crippen LogP contribution in [0.25, 0.3) is 0 Å². The lowest BCUT2D eigenvalue weighted by Gasteiger charge is -2.51. The molecule has 2 aromatic heterocycles. The normalized spacial score (nSPS) is 25.7. The molecule has 9 nitrogen and oxygen atoms in total. The van der Waals surface area contributed by atoms with E-state index in [1.54, 1.807) is 38.4 Å². The number of carbonyl (C=O) groups is 1. The first-order chi connectivity index (χ1) is 14.4. The molecule has 0 radical (unpaired) electrons. The molecule has 2 saturated heterocycles. The van der Waals surface area contributed by atoms with Crippen LogP contribution in [-0.4, -0.2) is 70.0 Å². The summed E-state index contributed by atoms with van der Waals surface area (Å²) < 4.78 is 11.4. The van der Waals surface area contributed by atoms with Crippen molar-refractivity contribution in [2.45, 2.75) is 43.4 Å². The topological polar surface area (TPSA) is 110 Å². The van der Waals surface area contributed by atoms with Crippen LogP contribution in [-0.2, 0) is 4.74 Å². The van der Waals surface area contributed by atoms with Gasteiger partial charge in [0.25, 0.3) is 5.91 Å². The molecule has 2 aliphatic rings. The summed E-state index contributed by atoms with van der Waals surface area (Å²) in [6.45, 7) is 3.53. The van der Waals surface area contributed by atoms with Gasteiger partial charge in [0.2, 0.25) is 5.88 Å². The van der Waals surface area contributed by atoms with Crippen LogP contribution in [0.5, 0.6) is 5.88 Å². The molecule has 2 aliphatic heterocycles. The van der Waals surface area contributed by atoms with Crippen LogP contribution in [0, 0.1) is 0 Å². The maximum absolute atomic E-state index is 12.5. The Morgan fingerprint density at radius 3 is 2.77 bits per heavy atom. The van der Waals surface area contributed by atoms with Gasteiger partial charge in [-0.2, -0.15) is 0 Å². The van der Waals surface area contributed by atoms with Crippen molar-refractivity contribution in [1.29, 1.82) is 0 Å². The minimum absolute atomic E-state index is 0.257. The van der Waals surface area contributed by atoms with Crippen LogP contribution in [0.2, 0.25) is 0 Å². The third-order valence-corrected chi connectivity index (χ3v) is 6.03. The zero-order valence-electron chi connectivity index (χ0n) is 17.2. The number of methoxy groups -OCH3 is 1. The second-order valence-corrected chi connectivity index (χ2v) is 8.17. The number of pyridine rings is 1. The van der Waals surface area contributed by atoms with Gasteiger partial charge in [0.1, 0.15) is 17.8 Å². The number of carbonyl (C=O) groups excluding carboxylic acids is 1. The molecular weight excluding hydrogens is 386 g/mol. The fourth-order valence-corrected chi connectivity index (χ4v) is 4.27. The van der Waals surface area contributed by atoms with Crippen LogP contribution in [0.15, 0.2) is 36.8 Å². The molecule has 2 aromatic rings. The van der Waals surface area contributed by atoms with E-state index in [1.165, 1.54) is 6.33 Å². The molecule has 0 aromatic carbocycles. The van der Waals surface area contributed by atoms with E-state index in [0.717, 1.165) is 31.7 Å². The highest BCUT2D eigenvalue weighted by Gasteiger charge is 2.49. The first-order valence-corrected chi connectivity index (χ1v) is 10.1. The Kier molecular flexibility index (Phi) is 5.57. The predicted octanol–water partition coefficient (Wildman–Crippen LogP) is 1.19. The van der Waals surface area contributed by atoms with E-state index in [0.29, 0.717) is 18.0 Å². The molecule has 160 valence electrons. The molecule has 1 amide bonds. The van der Waals surface area contributed by atoms with Gasteiger partial charge in [-0.3, -0.25) is 9.78 Å². The number of anilines is 1. The lowest BCUT2D eigenvalue weighted by Crippen LogP contribution is -2.64. The monoisotopic (exact) mass is 413 g/mol. The van der Waals surface area contributed by atoms with Gasteiger partial charge < -0.3 is 24.8 Å². The molecular formula is C21H27N5O4. The Morgan fingerprint density at radius 1 is 1.30 bits per heavy atom. The zero-order chi connectivity index (χ0) is 21.2. The first kappa shape index (κ1) is 20.5. The van der Waals surface area contributed by atoms with Gasteiger partial charge in [-0.1, -0.05) is 6.07 Å². The maximum Gasteiger partial charge on any atom is 0.270 e. The van der Waals surface area contributed by atoms with Crippen molar-refractivity contribution in [3.05, 3.63) is 42.5 Å². The summed E-state index contributed by atoms with van der Waals surface area (Å²) in [5, 5.41) is 14.0. The van der Waals surface area contributed by atoms with Gasteiger partial charge in [0.15, 0.2) is 0 Å². The maximum atomic E-state index is 12.5. The lowest BCUT2D eigenvalue weighted by molar-refractivity contribution is -0.176. The highest BCUT2D eigenvalue weighted by Crippen LogP contribution is 2.40. The fourth-order valence-electron chi connectivity index (χ4n) is 4.27. The van der Waals surface area contributed by atoms with Crippen molar-refractivity contribution in [1.82, 2.24) is 20.3 Å². The molecule has 0 bridgehead atoms. The lowest BCUT2D eigenvalue weighted by atomic mass is 9.75. The number of amides is 1. The van der Waals surface area contributed by atoms with Crippen molar-refractivity contribution >= 4 is 11.7 Å². The number of hydrogen-bond acceptors (Lipinski definition) is 8. The third kappa shape index (κ3) is 4.22. The number of nitrogens with one attached hydrogen (secondary N) is 1. The van der Waals surface area contributed by atoms with Crippen molar-refractivity contribution in [3.8, 4) is 5.88 Å². The minimum Gasteiger partial charge on any atom is -0.481 e. The summed E-state index contributed by atoms with van der Waals surface area (Å²) in [5.74, 6) is 1.04. The summed E-state index contributed by atoms with van der Waals surface area (Å²) in [5.41, 5.74) is -1.17. The van der Waals surface area contributed by atoms with Gasteiger partial charge in [-0.15, -0.1) is 0 Å². The van der Waals surface area contributed by atoms with E-state index in [1.807, 2.05) is 6.07 Å². The fraction of sp³-hybridized carbons (Fsp3) is 0.524. The highest BCUT2D eigenvalue weighted by molar-refractivity contribution is 5.92. The van der Waals surface area contributed by atoms with Crippen LogP contribution in [0.3, 0.4) is 0 Å². The number of nitrogens with zero attached hydrogens (tertiary/aromatic N) is 4. The number of aromatic nitrogens is 3. The van der Waals surface area contributed by atoms with Crippen molar-refractivity contribution in [2.75, 3.05) is 31.7 Å². The second kappa shape index (κ2) is 8.16. The number of aliphatic hydroxyl groups is 1. The van der Waals surface area contributed by atoms with E-state index >= 15 is 0 Å². The van der Waals surface area contributed by atoms with E-state index in [4.69, 9.17) is 9.47 Å². The molecule has 1 spiro atoms. The first-order valence-electron chi connectivity index (χ1n) is 10.1. The molecule has 4 heterocycles. The smallest absolute Gasteiger partial charge is 0.270 e. The molecule has 0 unspecified atom stereocenters. The molecule has 2 atom stereocenters. The summed E-state index contributed by atoms with van der Waals surface area (Å²) in [7, 11) is 1.58. The average Bonchev–Trinajstić information content (AvgIpc) is 2.76. The molecule has 2 fully saturated rings. The predicted molar refractivity (Wildman–Crippen MR) is 109 cm³/mol. The Hall–Kier alpha value is -2.78. The van der Waals surface area contributed by atoms with Gasteiger partial charge in [0, 0.05) is 31.8 Å². The van der Waals surface area contributed by atoms with Gasteiger partial charge in [0.05, 0.1) is 31.0 Å².